The molecule has 0 radical (unpaired) electrons. The Morgan fingerprint density at radius 3 is 2.77 bits per heavy atom. The number of likely N-dealkylation sites (tertiary alicyclic amines) is 1. The summed E-state index contributed by atoms with van der Waals surface area (Å²) in [5.74, 6) is 0.993. The van der Waals surface area contributed by atoms with E-state index >= 15 is 0 Å². The summed E-state index contributed by atoms with van der Waals surface area (Å²) in [6, 6.07) is 8.69. The number of amides is 1. The van der Waals surface area contributed by atoms with E-state index in [9.17, 15) is 4.79 Å². The largest absolute Gasteiger partial charge is 0.383 e. The van der Waals surface area contributed by atoms with Crippen LogP contribution in [0.5, 0.6) is 0 Å². The zero-order valence-electron chi connectivity index (χ0n) is 17.1. The number of benzene rings is 1. The molecule has 4 N–H and O–H groups in total. The lowest BCUT2D eigenvalue weighted by molar-refractivity contribution is -0.117. The molecule has 7 heteroatoms. The smallest absolute Gasteiger partial charge is 0.217 e. The zero-order valence-corrected chi connectivity index (χ0v) is 17.1. The molecule has 0 atom stereocenters. The number of aryl methyl sites for hydroxylation is 1. The number of carbonyl (C=O) groups is 1. The Morgan fingerprint density at radius 2 is 2.03 bits per heavy atom. The normalized spacial score (nSPS) is 21.3. The Morgan fingerprint density at radius 1 is 1.20 bits per heavy atom. The number of nitrogens with two attached hydrogens (primary N) is 2. The maximum absolute atomic E-state index is 11.2. The highest BCUT2D eigenvalue weighted by atomic mass is 16.1. The summed E-state index contributed by atoms with van der Waals surface area (Å²) in [7, 11) is 0. The Labute approximate surface area is 176 Å². The minimum Gasteiger partial charge on any atom is -0.383 e. The molecular weight excluding hydrogens is 376 g/mol. The molecule has 2 fully saturated rings. The first-order valence-corrected chi connectivity index (χ1v) is 10.8. The van der Waals surface area contributed by atoms with E-state index in [2.05, 4.69) is 37.8 Å². The van der Waals surface area contributed by atoms with Gasteiger partial charge in [0, 0.05) is 30.8 Å². The first-order valence-electron chi connectivity index (χ1n) is 10.8. The minimum absolute atomic E-state index is 0.285. The van der Waals surface area contributed by atoms with Crippen LogP contribution in [0.15, 0.2) is 36.8 Å². The van der Waals surface area contributed by atoms with Crippen LogP contribution in [0.1, 0.15) is 37.3 Å². The number of aromatic nitrogens is 3. The van der Waals surface area contributed by atoms with Crippen molar-refractivity contribution in [3.63, 3.8) is 0 Å². The molecule has 0 unspecified atom stereocenters. The Bertz CT molecular complexity index is 1080. The van der Waals surface area contributed by atoms with E-state index in [-0.39, 0.29) is 5.91 Å². The lowest BCUT2D eigenvalue weighted by Gasteiger charge is -2.42. The lowest BCUT2D eigenvalue weighted by Crippen LogP contribution is -2.43. The molecule has 2 aromatic heterocycles. The monoisotopic (exact) mass is 404 g/mol. The molecule has 1 aromatic carbocycles. The number of primary amides is 1. The van der Waals surface area contributed by atoms with Gasteiger partial charge in [0.15, 0.2) is 0 Å². The fraction of sp³-hybridized carbons (Fsp3) is 0.435. The second-order valence-electron chi connectivity index (χ2n) is 8.72. The third-order valence-electron chi connectivity index (χ3n) is 6.61. The zero-order chi connectivity index (χ0) is 20.7. The van der Waals surface area contributed by atoms with Crippen molar-refractivity contribution in [1.29, 1.82) is 0 Å². The first-order chi connectivity index (χ1) is 14.6. The van der Waals surface area contributed by atoms with Crippen molar-refractivity contribution < 1.29 is 4.79 Å². The van der Waals surface area contributed by atoms with Gasteiger partial charge in [-0.1, -0.05) is 24.3 Å². The summed E-state index contributed by atoms with van der Waals surface area (Å²) in [4.78, 5) is 22.6. The van der Waals surface area contributed by atoms with Crippen LogP contribution in [0.4, 0.5) is 5.82 Å². The molecule has 3 heterocycles. The number of rotatable bonds is 7. The van der Waals surface area contributed by atoms with Gasteiger partial charge in [0.2, 0.25) is 5.91 Å². The van der Waals surface area contributed by atoms with Gasteiger partial charge in [-0.15, -0.1) is 0 Å². The van der Waals surface area contributed by atoms with E-state index in [1.165, 1.54) is 38.9 Å². The molecule has 1 aliphatic carbocycles. The van der Waals surface area contributed by atoms with E-state index in [0.29, 0.717) is 24.7 Å². The van der Waals surface area contributed by atoms with Crippen LogP contribution in [0.25, 0.3) is 22.2 Å². The lowest BCUT2D eigenvalue weighted by atomic mass is 9.79. The van der Waals surface area contributed by atoms with Gasteiger partial charge in [-0.2, -0.15) is 0 Å². The molecule has 2 aliphatic rings. The van der Waals surface area contributed by atoms with Gasteiger partial charge >= 0.3 is 0 Å². The molecule has 0 bridgehead atoms. The summed E-state index contributed by atoms with van der Waals surface area (Å²) in [6.07, 6.45) is 8.43. The van der Waals surface area contributed by atoms with Gasteiger partial charge in [-0.3, -0.25) is 4.79 Å². The van der Waals surface area contributed by atoms with E-state index < -0.39 is 0 Å². The van der Waals surface area contributed by atoms with Crippen LogP contribution in [-0.4, -0.2) is 45.0 Å². The third-order valence-corrected chi connectivity index (χ3v) is 6.61. The molecule has 1 aliphatic heterocycles. The highest BCUT2D eigenvalue weighted by Crippen LogP contribution is 2.43. The number of anilines is 1. The molecule has 1 amide bonds. The number of carbonyl (C=O) groups excluding carboxylic acids is 1. The van der Waals surface area contributed by atoms with Crippen molar-refractivity contribution in [3.05, 3.63) is 42.4 Å². The van der Waals surface area contributed by atoms with E-state index in [0.717, 1.165) is 33.6 Å². The summed E-state index contributed by atoms with van der Waals surface area (Å²) in [6.45, 7) is 3.74. The molecular formula is C23H28N6O. The van der Waals surface area contributed by atoms with Gasteiger partial charge in [0.25, 0.3) is 0 Å². The van der Waals surface area contributed by atoms with Crippen LogP contribution in [-0.2, 0) is 11.2 Å². The number of nitrogen functional groups attached to an aromatic ring is 1. The second kappa shape index (κ2) is 7.72. The molecule has 30 heavy (non-hydrogen) atoms. The van der Waals surface area contributed by atoms with E-state index in [1.807, 2.05) is 12.1 Å². The Hall–Kier alpha value is -2.93. The van der Waals surface area contributed by atoms with Crippen LogP contribution in [0, 0.1) is 5.92 Å². The van der Waals surface area contributed by atoms with Gasteiger partial charge in [0.05, 0.1) is 5.39 Å². The fourth-order valence-electron chi connectivity index (χ4n) is 4.77. The van der Waals surface area contributed by atoms with Crippen LogP contribution in [0.3, 0.4) is 0 Å². The highest BCUT2D eigenvalue weighted by molar-refractivity contribution is 6.00. The number of fused-ring (bicyclic) bond motifs is 1. The van der Waals surface area contributed by atoms with Crippen LogP contribution >= 0.6 is 0 Å². The minimum atomic E-state index is -0.285. The van der Waals surface area contributed by atoms with Crippen molar-refractivity contribution in [2.24, 2.45) is 11.7 Å². The maximum atomic E-state index is 11.2. The number of nitrogens with zero attached hydrogens (tertiary/aromatic N) is 4. The summed E-state index contributed by atoms with van der Waals surface area (Å²) in [5.41, 5.74) is 15.7. The van der Waals surface area contributed by atoms with Crippen molar-refractivity contribution in [2.45, 2.75) is 38.1 Å². The first kappa shape index (κ1) is 19.1. The van der Waals surface area contributed by atoms with Crippen molar-refractivity contribution in [2.75, 3.05) is 25.4 Å². The second-order valence-corrected chi connectivity index (χ2v) is 8.72. The summed E-state index contributed by atoms with van der Waals surface area (Å²) < 4.78 is 2.30. The molecule has 5 rings (SSSR count). The van der Waals surface area contributed by atoms with Gasteiger partial charge in [-0.25, -0.2) is 9.97 Å². The Kier molecular flexibility index (Phi) is 4.90. The average molecular weight is 405 g/mol. The average Bonchev–Trinajstić information content (AvgIpc) is 3.05. The quantitative estimate of drug-likeness (QED) is 0.630. The van der Waals surface area contributed by atoms with E-state index in [1.54, 1.807) is 6.33 Å². The predicted molar refractivity (Wildman–Crippen MR) is 118 cm³/mol. The topological polar surface area (TPSA) is 103 Å². The Balaban J connectivity index is 1.45. The molecule has 7 nitrogen and oxygen atoms in total. The third kappa shape index (κ3) is 3.54. The fourth-order valence-corrected chi connectivity index (χ4v) is 4.77. The number of hydrogen-bond donors (Lipinski definition) is 2. The predicted octanol–water partition coefficient (Wildman–Crippen LogP) is 2.76. The van der Waals surface area contributed by atoms with Crippen LogP contribution in [0.2, 0.25) is 0 Å². The van der Waals surface area contributed by atoms with Gasteiger partial charge in [-0.05, 0) is 55.8 Å². The van der Waals surface area contributed by atoms with Gasteiger partial charge in [0.1, 0.15) is 17.8 Å². The molecule has 1 saturated heterocycles. The van der Waals surface area contributed by atoms with Crippen molar-refractivity contribution in [3.8, 4) is 11.1 Å². The van der Waals surface area contributed by atoms with E-state index in [4.69, 9.17) is 11.5 Å². The molecule has 156 valence electrons. The summed E-state index contributed by atoms with van der Waals surface area (Å²) in [5, 5.41) is 0.913. The SMILES string of the molecule is NC(=O)CCc1cccc(-c2cn(C3CC(CN4CCC4)C3)c3ncnc(N)c23)c1. The molecule has 1 saturated carbocycles. The van der Waals surface area contributed by atoms with Gasteiger partial charge < -0.3 is 20.9 Å². The maximum Gasteiger partial charge on any atom is 0.217 e. The molecule has 3 aromatic rings. The van der Waals surface area contributed by atoms with Crippen LogP contribution < -0.4 is 11.5 Å². The number of hydrogen-bond acceptors (Lipinski definition) is 5. The summed E-state index contributed by atoms with van der Waals surface area (Å²) >= 11 is 0. The van der Waals surface area contributed by atoms with Crippen molar-refractivity contribution >= 4 is 22.8 Å². The van der Waals surface area contributed by atoms with Crippen molar-refractivity contribution in [1.82, 2.24) is 19.4 Å². The molecule has 0 spiro atoms. The standard InChI is InChI=1S/C23H28N6O/c24-20(30)6-5-15-3-1-4-17(9-15)19-13-29(23-21(19)22(25)26-14-27-23)18-10-16(11-18)12-28-7-2-8-28/h1,3-4,9,13-14,16,18H,2,5-8,10-12H2,(H2,24,30)(H2,25,26,27). The highest BCUT2D eigenvalue weighted by Gasteiger charge is 2.34.